The number of nitrogens with two attached hydrogens (primary N) is 1. The highest BCUT2D eigenvalue weighted by Crippen LogP contribution is 2.02. The molecule has 0 aliphatic rings. The Bertz CT molecular complexity index is 203. The molecule has 1 aromatic heterocycles. The molecular weight excluding hydrogens is 120 g/mol. The van der Waals surface area contributed by atoms with Gasteiger partial charge in [0.1, 0.15) is 18.2 Å². The average molecular weight is 126 g/mol. The summed E-state index contributed by atoms with van der Waals surface area (Å²) < 4.78 is 4.59. The normalized spacial score (nSPS) is 11.8. The van der Waals surface area contributed by atoms with Gasteiger partial charge in [-0.1, -0.05) is 0 Å². The molecule has 9 heavy (non-hydrogen) atoms. The molecule has 0 aliphatic carbocycles. The van der Waals surface area contributed by atoms with Gasteiger partial charge in [-0.05, 0) is 0 Å². The van der Waals surface area contributed by atoms with E-state index in [1.54, 1.807) is 0 Å². The molecule has 1 rings (SSSR count). The number of hydrogen-bond donors (Lipinski definition) is 2. The van der Waals surface area contributed by atoms with E-state index >= 15 is 0 Å². The van der Waals surface area contributed by atoms with E-state index in [0.29, 0.717) is 5.69 Å². The van der Waals surface area contributed by atoms with Crippen molar-refractivity contribution in [2.45, 2.75) is 0 Å². The molecule has 0 atom stereocenters. The van der Waals surface area contributed by atoms with Crippen molar-refractivity contribution >= 4 is 5.70 Å². The Balaban J connectivity index is 2.90. The van der Waals surface area contributed by atoms with Crippen LogP contribution in [0.2, 0.25) is 0 Å². The van der Waals surface area contributed by atoms with E-state index in [4.69, 9.17) is 10.8 Å². The molecule has 0 unspecified atom stereocenters. The first-order valence-electron chi connectivity index (χ1n) is 2.33. The summed E-state index contributed by atoms with van der Waals surface area (Å²) >= 11 is 0. The quantitative estimate of drug-likeness (QED) is 0.537. The van der Waals surface area contributed by atoms with E-state index in [2.05, 4.69) is 9.40 Å². The van der Waals surface area contributed by atoms with Gasteiger partial charge < -0.3 is 15.3 Å². The number of aromatic nitrogens is 1. The van der Waals surface area contributed by atoms with Crippen LogP contribution in [0, 0.1) is 0 Å². The maximum absolute atomic E-state index is 8.34. The molecule has 3 N–H and O–H groups in total. The fourth-order valence-electron chi connectivity index (χ4n) is 0.421. The van der Waals surface area contributed by atoms with E-state index in [1.165, 1.54) is 12.7 Å². The summed E-state index contributed by atoms with van der Waals surface area (Å²) in [5.74, 6) is 0. The molecule has 0 fully saturated rings. The lowest BCUT2D eigenvalue weighted by Gasteiger charge is -1.87. The van der Waals surface area contributed by atoms with Crippen LogP contribution in [0.15, 0.2) is 23.3 Å². The van der Waals surface area contributed by atoms with Crippen LogP contribution in [0.4, 0.5) is 0 Å². The molecule has 1 aromatic rings. The zero-order chi connectivity index (χ0) is 6.69. The average Bonchev–Trinajstić information content (AvgIpc) is 2.37. The zero-order valence-electron chi connectivity index (χ0n) is 4.61. The number of rotatable bonds is 1. The van der Waals surface area contributed by atoms with Crippen molar-refractivity contribution in [1.29, 1.82) is 0 Å². The molecular formula is C5H6N2O2. The molecule has 0 amide bonds. The third-order valence-corrected chi connectivity index (χ3v) is 0.867. The van der Waals surface area contributed by atoms with Crippen molar-refractivity contribution in [3.05, 3.63) is 24.6 Å². The fourth-order valence-corrected chi connectivity index (χ4v) is 0.421. The smallest absolute Gasteiger partial charge is 0.181 e. The minimum absolute atomic E-state index is 0.198. The lowest BCUT2D eigenvalue weighted by Crippen LogP contribution is -1.95. The zero-order valence-corrected chi connectivity index (χ0v) is 4.61. The Morgan fingerprint density at radius 1 is 1.89 bits per heavy atom. The summed E-state index contributed by atoms with van der Waals surface area (Å²) in [6, 6.07) is 0. The highest BCUT2D eigenvalue weighted by Gasteiger charge is 1.96. The van der Waals surface area contributed by atoms with Crippen molar-refractivity contribution in [3.8, 4) is 0 Å². The van der Waals surface area contributed by atoms with Gasteiger partial charge in [-0.2, -0.15) is 0 Å². The third-order valence-electron chi connectivity index (χ3n) is 0.867. The summed E-state index contributed by atoms with van der Waals surface area (Å²) in [6.45, 7) is 0. The maximum atomic E-state index is 8.34. The lowest BCUT2D eigenvalue weighted by molar-refractivity contribution is 0.474. The highest BCUT2D eigenvalue weighted by molar-refractivity contribution is 5.56. The maximum Gasteiger partial charge on any atom is 0.181 e. The third kappa shape index (κ3) is 1.02. The Morgan fingerprint density at radius 2 is 2.67 bits per heavy atom. The van der Waals surface area contributed by atoms with Gasteiger partial charge in [0, 0.05) is 0 Å². The van der Waals surface area contributed by atoms with Crippen molar-refractivity contribution in [2.75, 3.05) is 0 Å². The molecule has 0 aromatic carbocycles. The van der Waals surface area contributed by atoms with Crippen LogP contribution in [-0.4, -0.2) is 10.1 Å². The lowest BCUT2D eigenvalue weighted by atomic mass is 10.4. The molecule has 0 bridgehead atoms. The number of aliphatic hydroxyl groups is 1. The molecule has 0 saturated carbocycles. The van der Waals surface area contributed by atoms with E-state index < -0.39 is 0 Å². The second-order valence-electron chi connectivity index (χ2n) is 1.46. The van der Waals surface area contributed by atoms with Gasteiger partial charge in [-0.15, -0.1) is 0 Å². The Hall–Kier alpha value is -1.45. The first kappa shape index (κ1) is 5.68. The van der Waals surface area contributed by atoms with Crippen molar-refractivity contribution in [2.24, 2.45) is 5.73 Å². The minimum Gasteiger partial charge on any atom is -0.513 e. The fraction of sp³-hybridized carbons (Fsp3) is 0. The molecule has 0 saturated heterocycles. The molecule has 0 aliphatic heterocycles. The summed E-state index contributed by atoms with van der Waals surface area (Å²) in [5.41, 5.74) is 5.87. The summed E-state index contributed by atoms with van der Waals surface area (Å²) in [6.07, 6.45) is 3.37. The van der Waals surface area contributed by atoms with Gasteiger partial charge in [0.15, 0.2) is 6.39 Å². The number of oxazole rings is 1. The summed E-state index contributed by atoms with van der Waals surface area (Å²) in [7, 11) is 0. The largest absolute Gasteiger partial charge is 0.513 e. The van der Waals surface area contributed by atoms with Gasteiger partial charge in [0.2, 0.25) is 0 Å². The highest BCUT2D eigenvalue weighted by atomic mass is 16.3. The first-order valence-corrected chi connectivity index (χ1v) is 2.33. The number of nitrogens with zero attached hydrogens (tertiary/aromatic N) is 1. The minimum atomic E-state index is 0.198. The predicted molar refractivity (Wildman–Crippen MR) is 31.3 cm³/mol. The van der Waals surface area contributed by atoms with Crippen molar-refractivity contribution in [1.82, 2.24) is 4.98 Å². The summed E-state index contributed by atoms with van der Waals surface area (Å²) in [4.78, 5) is 3.67. The van der Waals surface area contributed by atoms with Gasteiger partial charge in [-0.3, -0.25) is 0 Å². The van der Waals surface area contributed by atoms with E-state index in [9.17, 15) is 0 Å². The molecule has 1 heterocycles. The van der Waals surface area contributed by atoms with Gasteiger partial charge >= 0.3 is 0 Å². The van der Waals surface area contributed by atoms with Crippen LogP contribution in [0.25, 0.3) is 5.70 Å². The second kappa shape index (κ2) is 2.21. The number of hydrogen-bond acceptors (Lipinski definition) is 4. The topological polar surface area (TPSA) is 72.3 Å². The van der Waals surface area contributed by atoms with Crippen LogP contribution in [-0.2, 0) is 0 Å². The SMILES string of the molecule is N/C(=C/O)c1cocn1. The Morgan fingerprint density at radius 3 is 3.11 bits per heavy atom. The van der Waals surface area contributed by atoms with Crippen molar-refractivity contribution in [3.63, 3.8) is 0 Å². The standard InChI is InChI=1S/C5H6N2O2/c6-4(1-8)5-2-9-3-7-5/h1-3,8H,6H2/b4-1+. The molecule has 4 nitrogen and oxygen atoms in total. The molecule has 4 heteroatoms. The first-order chi connectivity index (χ1) is 4.34. The van der Waals surface area contributed by atoms with Crippen LogP contribution >= 0.6 is 0 Å². The van der Waals surface area contributed by atoms with Crippen LogP contribution in [0.1, 0.15) is 5.69 Å². The Labute approximate surface area is 51.6 Å². The van der Waals surface area contributed by atoms with E-state index in [0.717, 1.165) is 6.26 Å². The van der Waals surface area contributed by atoms with E-state index in [-0.39, 0.29) is 5.70 Å². The van der Waals surface area contributed by atoms with Crippen molar-refractivity contribution < 1.29 is 9.52 Å². The van der Waals surface area contributed by atoms with Crippen LogP contribution in [0.5, 0.6) is 0 Å². The Kier molecular flexibility index (Phi) is 1.40. The van der Waals surface area contributed by atoms with Gasteiger partial charge in [0.25, 0.3) is 0 Å². The van der Waals surface area contributed by atoms with Crippen LogP contribution in [0.3, 0.4) is 0 Å². The monoisotopic (exact) mass is 126 g/mol. The summed E-state index contributed by atoms with van der Waals surface area (Å²) in [5, 5.41) is 8.34. The van der Waals surface area contributed by atoms with E-state index in [1.807, 2.05) is 0 Å². The molecule has 0 spiro atoms. The molecule has 48 valence electrons. The van der Waals surface area contributed by atoms with Gasteiger partial charge in [-0.25, -0.2) is 4.98 Å². The number of aliphatic hydroxyl groups excluding tert-OH is 1. The predicted octanol–water partition coefficient (Wildman–Crippen LogP) is 0.490. The van der Waals surface area contributed by atoms with Crippen LogP contribution < -0.4 is 5.73 Å². The van der Waals surface area contributed by atoms with Gasteiger partial charge in [0.05, 0.1) is 5.70 Å². The second-order valence-corrected chi connectivity index (χ2v) is 1.46. The molecule has 0 radical (unpaired) electrons.